The summed E-state index contributed by atoms with van der Waals surface area (Å²) in [5, 5.41) is 19.3. The summed E-state index contributed by atoms with van der Waals surface area (Å²) < 4.78 is 0. The molecule has 0 aliphatic carbocycles. The van der Waals surface area contributed by atoms with Crippen LogP contribution in [0.4, 0.5) is 0 Å². The second kappa shape index (κ2) is 8.47. The highest BCUT2D eigenvalue weighted by molar-refractivity contribution is 5.87. The quantitative estimate of drug-likeness (QED) is 0.676. The van der Waals surface area contributed by atoms with Gasteiger partial charge in [0.2, 0.25) is 5.91 Å². The molecule has 6 heteroatoms. The van der Waals surface area contributed by atoms with Crippen LogP contribution in [-0.4, -0.2) is 41.1 Å². The fourth-order valence-electron chi connectivity index (χ4n) is 2.01. The Kier molecular flexibility index (Phi) is 6.08. The van der Waals surface area contributed by atoms with Crippen molar-refractivity contribution in [2.75, 3.05) is 6.54 Å². The Hall–Kier alpha value is -3.15. The summed E-state index contributed by atoms with van der Waals surface area (Å²) in [6.07, 6.45) is 3.31. The van der Waals surface area contributed by atoms with Gasteiger partial charge in [-0.3, -0.25) is 14.8 Å². The molecular weight excluding hydrogens is 306 g/mol. The van der Waals surface area contributed by atoms with Crippen LogP contribution in [0.5, 0.6) is 11.5 Å². The Morgan fingerprint density at radius 1 is 1.00 bits per heavy atom. The maximum Gasteiger partial charge on any atom is 0.242 e. The molecule has 0 radical (unpaired) electrons. The third-order valence-electron chi connectivity index (χ3n) is 3.36. The number of hydrogen-bond donors (Lipinski definition) is 3. The minimum Gasteiger partial charge on any atom is -0.507 e. The van der Waals surface area contributed by atoms with E-state index in [0.29, 0.717) is 24.1 Å². The van der Waals surface area contributed by atoms with Crippen LogP contribution >= 0.6 is 0 Å². The number of phenolic OH excluding ortho intramolecular Hbond substituents is 2. The zero-order chi connectivity index (χ0) is 17.4. The minimum atomic E-state index is -0.730. The number of benzene rings is 2. The number of nitrogens with two attached hydrogens (primary N) is 1. The monoisotopic (exact) mass is 325 g/mol. The molecule has 2 aromatic carbocycles. The molecule has 0 fully saturated rings. The van der Waals surface area contributed by atoms with E-state index < -0.39 is 11.9 Å². The van der Waals surface area contributed by atoms with Gasteiger partial charge in [0, 0.05) is 30.1 Å². The van der Waals surface area contributed by atoms with Crippen molar-refractivity contribution in [1.82, 2.24) is 0 Å². The van der Waals surface area contributed by atoms with Gasteiger partial charge in [-0.25, -0.2) is 0 Å². The average molecular weight is 325 g/mol. The summed E-state index contributed by atoms with van der Waals surface area (Å²) in [4.78, 5) is 19.8. The maximum absolute atomic E-state index is 11.5. The molecule has 1 amide bonds. The number of aromatic hydroxyl groups is 2. The van der Waals surface area contributed by atoms with E-state index in [1.54, 1.807) is 48.7 Å². The number of primary amides is 1. The molecule has 2 rings (SSSR count). The van der Waals surface area contributed by atoms with E-state index in [1.165, 1.54) is 12.3 Å². The summed E-state index contributed by atoms with van der Waals surface area (Å²) in [7, 11) is 0. The van der Waals surface area contributed by atoms with Gasteiger partial charge in [-0.15, -0.1) is 0 Å². The number of hydrogen-bond acceptors (Lipinski definition) is 5. The van der Waals surface area contributed by atoms with E-state index >= 15 is 0 Å². The van der Waals surface area contributed by atoms with Gasteiger partial charge >= 0.3 is 0 Å². The van der Waals surface area contributed by atoms with Crippen molar-refractivity contribution < 1.29 is 15.0 Å². The average Bonchev–Trinajstić information content (AvgIpc) is 2.56. The Morgan fingerprint density at radius 3 is 2.08 bits per heavy atom. The molecule has 0 saturated heterocycles. The number of amides is 1. The van der Waals surface area contributed by atoms with Gasteiger partial charge < -0.3 is 15.9 Å². The Balaban J connectivity index is 1.96. The molecule has 0 heterocycles. The first-order valence-electron chi connectivity index (χ1n) is 7.46. The van der Waals surface area contributed by atoms with Crippen molar-refractivity contribution in [2.24, 2.45) is 15.7 Å². The number of phenols is 2. The fourth-order valence-corrected chi connectivity index (χ4v) is 2.01. The standard InChI is InChI=1S/C18H19N3O3/c19-18(24)15(21-12-14-6-2-4-8-17(14)23)9-10-20-11-13-5-1-3-7-16(13)22/h1-8,11-12,15,22-23H,9-10H2,(H2,19,24)/b20-11+,21-12-. The molecule has 0 saturated carbocycles. The Bertz CT molecular complexity index is 757. The number of nitrogens with zero attached hydrogens (tertiary/aromatic N) is 2. The van der Waals surface area contributed by atoms with Crippen molar-refractivity contribution in [1.29, 1.82) is 0 Å². The zero-order valence-electron chi connectivity index (χ0n) is 13.0. The smallest absolute Gasteiger partial charge is 0.242 e. The lowest BCUT2D eigenvalue weighted by Gasteiger charge is -2.06. The molecule has 0 bridgehead atoms. The third-order valence-corrected chi connectivity index (χ3v) is 3.36. The van der Waals surface area contributed by atoms with Crippen molar-refractivity contribution in [3.05, 3.63) is 59.7 Å². The predicted molar refractivity (Wildman–Crippen MR) is 93.9 cm³/mol. The van der Waals surface area contributed by atoms with Crippen molar-refractivity contribution in [3.8, 4) is 11.5 Å². The number of para-hydroxylation sites is 2. The van der Waals surface area contributed by atoms with Crippen LogP contribution in [0.1, 0.15) is 17.5 Å². The van der Waals surface area contributed by atoms with Crippen LogP contribution in [0.3, 0.4) is 0 Å². The molecule has 1 unspecified atom stereocenters. The maximum atomic E-state index is 11.5. The summed E-state index contributed by atoms with van der Waals surface area (Å²) in [5.74, 6) is -0.327. The van der Waals surface area contributed by atoms with Gasteiger partial charge in [0.1, 0.15) is 17.5 Å². The summed E-state index contributed by atoms with van der Waals surface area (Å²) >= 11 is 0. The highest BCUT2D eigenvalue weighted by atomic mass is 16.3. The van der Waals surface area contributed by atoms with Crippen molar-refractivity contribution in [3.63, 3.8) is 0 Å². The molecule has 0 aliphatic heterocycles. The van der Waals surface area contributed by atoms with Crippen LogP contribution in [0, 0.1) is 0 Å². The van der Waals surface area contributed by atoms with Crippen molar-refractivity contribution >= 4 is 18.3 Å². The van der Waals surface area contributed by atoms with Gasteiger partial charge in [0.25, 0.3) is 0 Å². The van der Waals surface area contributed by atoms with Crippen molar-refractivity contribution in [2.45, 2.75) is 12.5 Å². The van der Waals surface area contributed by atoms with Crippen LogP contribution in [-0.2, 0) is 4.79 Å². The molecule has 0 aliphatic rings. The molecule has 24 heavy (non-hydrogen) atoms. The lowest BCUT2D eigenvalue weighted by molar-refractivity contribution is -0.119. The lowest BCUT2D eigenvalue weighted by Crippen LogP contribution is -2.27. The van der Waals surface area contributed by atoms with E-state index in [4.69, 9.17) is 5.73 Å². The Labute approximate surface area is 140 Å². The first-order valence-corrected chi connectivity index (χ1v) is 7.46. The summed E-state index contributed by atoms with van der Waals surface area (Å²) in [6.45, 7) is 0.333. The summed E-state index contributed by atoms with van der Waals surface area (Å²) in [5.41, 5.74) is 6.47. The van der Waals surface area contributed by atoms with Gasteiger partial charge in [0.05, 0.1) is 0 Å². The second-order valence-corrected chi connectivity index (χ2v) is 5.14. The molecule has 0 aromatic heterocycles. The third kappa shape index (κ3) is 4.95. The summed E-state index contributed by atoms with van der Waals surface area (Å²) in [6, 6.07) is 12.8. The first kappa shape index (κ1) is 17.2. The van der Waals surface area contributed by atoms with E-state index in [2.05, 4.69) is 9.98 Å². The van der Waals surface area contributed by atoms with Gasteiger partial charge in [-0.05, 0) is 30.7 Å². The zero-order valence-corrected chi connectivity index (χ0v) is 13.0. The van der Waals surface area contributed by atoms with Crippen LogP contribution < -0.4 is 5.73 Å². The fraction of sp³-hybridized carbons (Fsp3) is 0.167. The van der Waals surface area contributed by atoms with Crippen LogP contribution in [0.2, 0.25) is 0 Å². The molecule has 2 aromatic rings. The van der Waals surface area contributed by atoms with Crippen LogP contribution in [0.15, 0.2) is 58.5 Å². The normalized spacial score (nSPS) is 12.7. The molecular formula is C18H19N3O3. The Morgan fingerprint density at radius 2 is 1.54 bits per heavy atom. The van der Waals surface area contributed by atoms with Crippen LogP contribution in [0.25, 0.3) is 0 Å². The highest BCUT2D eigenvalue weighted by Gasteiger charge is 2.12. The molecule has 0 spiro atoms. The SMILES string of the molecule is NC(=O)C(CC/N=C/c1ccccc1O)/N=C\c1ccccc1O. The number of carbonyl (C=O) groups is 1. The second-order valence-electron chi connectivity index (χ2n) is 5.14. The van der Waals surface area contributed by atoms with Gasteiger partial charge in [-0.2, -0.15) is 0 Å². The predicted octanol–water partition coefficient (Wildman–Crippen LogP) is 1.88. The van der Waals surface area contributed by atoms with E-state index in [-0.39, 0.29) is 11.5 Å². The highest BCUT2D eigenvalue weighted by Crippen LogP contribution is 2.14. The molecule has 1 atom stereocenters. The largest absolute Gasteiger partial charge is 0.507 e. The molecule has 4 N–H and O–H groups in total. The van der Waals surface area contributed by atoms with E-state index in [9.17, 15) is 15.0 Å². The lowest BCUT2D eigenvalue weighted by atomic mass is 10.2. The first-order chi connectivity index (χ1) is 11.6. The minimum absolute atomic E-state index is 0.0852. The number of carbonyl (C=O) groups excluding carboxylic acids is 1. The number of rotatable bonds is 7. The molecule has 6 nitrogen and oxygen atoms in total. The van der Waals surface area contributed by atoms with E-state index in [1.807, 2.05) is 0 Å². The topological polar surface area (TPSA) is 108 Å². The van der Waals surface area contributed by atoms with Gasteiger partial charge in [0.15, 0.2) is 0 Å². The molecule has 124 valence electrons. The van der Waals surface area contributed by atoms with E-state index in [0.717, 1.165) is 0 Å². The van der Waals surface area contributed by atoms with Gasteiger partial charge in [-0.1, -0.05) is 24.3 Å². The number of aliphatic imine (C=N–C) groups is 2.